The van der Waals surface area contributed by atoms with Crippen molar-refractivity contribution in [2.24, 2.45) is 0 Å². The van der Waals surface area contributed by atoms with E-state index in [1.165, 1.54) is 17.1 Å². The highest BCUT2D eigenvalue weighted by atomic mass is 32.1. The van der Waals surface area contributed by atoms with Crippen molar-refractivity contribution in [3.63, 3.8) is 0 Å². The Bertz CT molecular complexity index is 739. The van der Waals surface area contributed by atoms with Gasteiger partial charge in [-0.25, -0.2) is 4.98 Å². The Morgan fingerprint density at radius 3 is 3.17 bits per heavy atom. The van der Waals surface area contributed by atoms with Gasteiger partial charge in [0.15, 0.2) is 0 Å². The lowest BCUT2D eigenvalue weighted by Crippen LogP contribution is -2.17. The van der Waals surface area contributed by atoms with E-state index >= 15 is 0 Å². The average molecular weight is 336 g/mol. The molecule has 9 heteroatoms. The van der Waals surface area contributed by atoms with Crippen LogP contribution in [0.15, 0.2) is 12.4 Å². The van der Waals surface area contributed by atoms with E-state index in [1.807, 2.05) is 6.92 Å². The lowest BCUT2D eigenvalue weighted by Gasteiger charge is -2.21. The summed E-state index contributed by atoms with van der Waals surface area (Å²) in [6.45, 7) is 2.21. The molecule has 122 valence electrons. The average Bonchev–Trinajstić information content (AvgIpc) is 3.11. The molecule has 2 aromatic heterocycles. The van der Waals surface area contributed by atoms with Gasteiger partial charge >= 0.3 is 11.7 Å². The topological polar surface area (TPSA) is 100 Å². The fraction of sp³-hybridized carbons (Fsp3) is 0.500. The van der Waals surface area contributed by atoms with Crippen LogP contribution in [0.1, 0.15) is 40.9 Å². The molecule has 0 aliphatic heterocycles. The quantitative estimate of drug-likeness (QED) is 0.472. The molecule has 1 aliphatic rings. The molecule has 0 spiro atoms. The van der Waals surface area contributed by atoms with Crippen LogP contribution in [0.4, 0.5) is 5.69 Å². The molecule has 2 heterocycles. The van der Waals surface area contributed by atoms with Crippen molar-refractivity contribution in [3.05, 3.63) is 38.1 Å². The maximum atomic E-state index is 12.0. The third kappa shape index (κ3) is 3.55. The van der Waals surface area contributed by atoms with Gasteiger partial charge in [-0.15, -0.1) is 11.3 Å². The van der Waals surface area contributed by atoms with Crippen LogP contribution in [0.3, 0.4) is 0 Å². The van der Waals surface area contributed by atoms with Crippen molar-refractivity contribution in [2.45, 2.75) is 45.3 Å². The minimum atomic E-state index is -0.516. The maximum absolute atomic E-state index is 12.0. The fourth-order valence-electron chi connectivity index (χ4n) is 2.61. The zero-order chi connectivity index (χ0) is 16.4. The van der Waals surface area contributed by atoms with Crippen molar-refractivity contribution < 1.29 is 14.5 Å². The molecule has 0 saturated heterocycles. The van der Waals surface area contributed by atoms with Crippen LogP contribution >= 0.6 is 11.3 Å². The first kappa shape index (κ1) is 15.6. The van der Waals surface area contributed by atoms with Crippen LogP contribution < -0.4 is 0 Å². The van der Waals surface area contributed by atoms with Gasteiger partial charge < -0.3 is 4.74 Å². The lowest BCUT2D eigenvalue weighted by atomic mass is 10.0. The number of esters is 1. The summed E-state index contributed by atoms with van der Waals surface area (Å²) in [4.78, 5) is 27.6. The van der Waals surface area contributed by atoms with E-state index in [2.05, 4.69) is 10.1 Å². The molecule has 23 heavy (non-hydrogen) atoms. The lowest BCUT2D eigenvalue weighted by molar-refractivity contribution is -0.385. The van der Waals surface area contributed by atoms with Gasteiger partial charge in [0.1, 0.15) is 18.5 Å². The van der Waals surface area contributed by atoms with E-state index in [0.717, 1.165) is 34.8 Å². The Kier molecular flexibility index (Phi) is 4.37. The van der Waals surface area contributed by atoms with Crippen molar-refractivity contribution in [1.29, 1.82) is 0 Å². The molecule has 3 rings (SSSR count). The molecule has 0 amide bonds. The number of hydrogen-bond acceptors (Lipinski definition) is 7. The van der Waals surface area contributed by atoms with E-state index in [-0.39, 0.29) is 30.7 Å². The van der Waals surface area contributed by atoms with Gasteiger partial charge in [-0.1, -0.05) is 0 Å². The van der Waals surface area contributed by atoms with Crippen molar-refractivity contribution in [2.75, 3.05) is 0 Å². The molecular formula is C14H16N4O4S. The first-order valence-corrected chi connectivity index (χ1v) is 8.17. The smallest absolute Gasteiger partial charge is 0.308 e. The molecule has 1 aliphatic carbocycles. The highest BCUT2D eigenvalue weighted by Gasteiger charge is 2.26. The largest absolute Gasteiger partial charge is 0.456 e. The summed E-state index contributed by atoms with van der Waals surface area (Å²) in [6.07, 6.45) is 5.09. The van der Waals surface area contributed by atoms with Crippen molar-refractivity contribution >= 4 is 23.0 Å². The normalized spacial score (nSPS) is 16.8. The molecule has 0 bridgehead atoms. The molecule has 0 saturated carbocycles. The Morgan fingerprint density at radius 1 is 1.61 bits per heavy atom. The van der Waals surface area contributed by atoms with Crippen LogP contribution in [0, 0.1) is 17.0 Å². The number of rotatable bonds is 5. The molecule has 1 atom stereocenters. The van der Waals surface area contributed by atoms with E-state index in [1.54, 1.807) is 11.3 Å². The Morgan fingerprint density at radius 2 is 2.43 bits per heavy atom. The van der Waals surface area contributed by atoms with Crippen LogP contribution in [0.2, 0.25) is 0 Å². The number of hydrogen-bond donors (Lipinski definition) is 0. The number of carbonyl (C=O) groups excluding carboxylic acids is 1. The third-order valence-corrected chi connectivity index (χ3v) is 4.76. The Labute approximate surface area is 136 Å². The van der Waals surface area contributed by atoms with Gasteiger partial charge in [0.25, 0.3) is 0 Å². The SMILES string of the molecule is Cc1nc2c(s1)[C@H](OC(=O)CCn1cc([N+](=O)[O-])cn1)CCC2. The van der Waals surface area contributed by atoms with Gasteiger partial charge in [-0.3, -0.25) is 19.6 Å². The molecule has 0 fully saturated rings. The number of carbonyl (C=O) groups is 1. The molecule has 0 unspecified atom stereocenters. The number of fused-ring (bicyclic) bond motifs is 1. The van der Waals surface area contributed by atoms with E-state index in [9.17, 15) is 14.9 Å². The number of nitrogens with zero attached hydrogens (tertiary/aromatic N) is 4. The summed E-state index contributed by atoms with van der Waals surface area (Å²) in [5.74, 6) is -0.327. The fourth-order valence-corrected chi connectivity index (χ4v) is 3.64. The standard InChI is InChI=1S/C14H16N4O4S/c1-9-16-11-3-2-4-12(14(11)23-9)22-13(19)5-6-17-8-10(7-15-17)18(20)21/h7-8,12H,2-6H2,1H3/t12-/m1/s1. The van der Waals surface area contributed by atoms with Gasteiger partial charge in [0.05, 0.1) is 33.5 Å². The monoisotopic (exact) mass is 336 g/mol. The van der Waals surface area contributed by atoms with Gasteiger partial charge in [0.2, 0.25) is 0 Å². The van der Waals surface area contributed by atoms with Gasteiger partial charge in [0, 0.05) is 0 Å². The summed E-state index contributed by atoms with van der Waals surface area (Å²) in [6, 6.07) is 0. The summed E-state index contributed by atoms with van der Waals surface area (Å²) in [5.41, 5.74) is 0.953. The predicted molar refractivity (Wildman–Crippen MR) is 82.1 cm³/mol. The summed E-state index contributed by atoms with van der Waals surface area (Å²) in [5, 5.41) is 15.4. The zero-order valence-corrected chi connectivity index (χ0v) is 13.4. The number of nitro groups is 1. The first-order chi connectivity index (χ1) is 11.0. The molecule has 0 radical (unpaired) electrons. The van der Waals surface area contributed by atoms with Crippen LogP contribution in [0.25, 0.3) is 0 Å². The van der Waals surface area contributed by atoms with Crippen LogP contribution in [-0.4, -0.2) is 25.7 Å². The van der Waals surface area contributed by atoms with E-state index in [0.29, 0.717) is 0 Å². The zero-order valence-electron chi connectivity index (χ0n) is 12.6. The van der Waals surface area contributed by atoms with Gasteiger partial charge in [-0.2, -0.15) is 5.10 Å². The number of aryl methyl sites for hydroxylation is 3. The number of aromatic nitrogens is 3. The highest BCUT2D eigenvalue weighted by molar-refractivity contribution is 7.11. The van der Waals surface area contributed by atoms with Crippen LogP contribution in [0.5, 0.6) is 0 Å². The van der Waals surface area contributed by atoms with Gasteiger partial charge in [-0.05, 0) is 26.2 Å². The van der Waals surface area contributed by atoms with Crippen LogP contribution in [-0.2, 0) is 22.5 Å². The van der Waals surface area contributed by atoms with Crippen molar-refractivity contribution in [1.82, 2.24) is 14.8 Å². The minimum absolute atomic E-state index is 0.0876. The number of ether oxygens (including phenoxy) is 1. The first-order valence-electron chi connectivity index (χ1n) is 7.35. The maximum Gasteiger partial charge on any atom is 0.308 e. The second kappa shape index (κ2) is 6.45. The third-order valence-electron chi connectivity index (χ3n) is 3.66. The Hall–Kier alpha value is -2.29. The van der Waals surface area contributed by atoms with E-state index < -0.39 is 4.92 Å². The Balaban J connectivity index is 1.56. The summed E-state index contributed by atoms with van der Waals surface area (Å²) < 4.78 is 6.94. The molecule has 0 N–H and O–H groups in total. The minimum Gasteiger partial charge on any atom is -0.456 e. The molecule has 2 aromatic rings. The summed E-state index contributed by atoms with van der Waals surface area (Å²) in [7, 11) is 0. The second-order valence-electron chi connectivity index (χ2n) is 5.38. The number of thiazole rings is 1. The van der Waals surface area contributed by atoms with E-state index in [4.69, 9.17) is 4.74 Å². The van der Waals surface area contributed by atoms with Crippen molar-refractivity contribution in [3.8, 4) is 0 Å². The summed E-state index contributed by atoms with van der Waals surface area (Å²) >= 11 is 1.58. The molecular weight excluding hydrogens is 320 g/mol. The predicted octanol–water partition coefficient (Wildman–Crippen LogP) is 2.57. The molecule has 8 nitrogen and oxygen atoms in total. The molecule has 0 aromatic carbocycles. The second-order valence-corrected chi connectivity index (χ2v) is 6.62. The highest BCUT2D eigenvalue weighted by Crippen LogP contribution is 2.36.